The van der Waals surface area contributed by atoms with Crippen LogP contribution in [-0.4, -0.2) is 44.9 Å². The molecule has 0 aliphatic heterocycles. The second-order valence-electron chi connectivity index (χ2n) is 5.61. The largest absolute Gasteiger partial charge is 0.493 e. The molecule has 27 heavy (non-hydrogen) atoms. The minimum atomic E-state index is -2.86. The van der Waals surface area contributed by atoms with Crippen LogP contribution in [0.1, 0.15) is 5.56 Å². The number of para-hydroxylation sites is 2. The monoisotopic (exact) mass is 380 g/mol. The molecule has 0 aromatic heterocycles. The second kappa shape index (κ2) is 10.2. The fourth-order valence-electron chi connectivity index (χ4n) is 2.31. The normalized spacial score (nSPS) is 10.4. The zero-order chi connectivity index (χ0) is 19.6. The molecule has 8 heteroatoms. The molecule has 2 rings (SSSR count). The Morgan fingerprint density at radius 2 is 1.78 bits per heavy atom. The molecule has 0 saturated heterocycles. The number of carbonyl (C=O) groups is 1. The number of alkyl halides is 2. The van der Waals surface area contributed by atoms with E-state index in [1.807, 2.05) is 12.1 Å². The van der Waals surface area contributed by atoms with Crippen LogP contribution >= 0.6 is 0 Å². The van der Waals surface area contributed by atoms with Crippen LogP contribution in [-0.2, 0) is 6.54 Å². The van der Waals surface area contributed by atoms with Gasteiger partial charge in [0, 0.05) is 13.6 Å². The van der Waals surface area contributed by atoms with Crippen molar-refractivity contribution in [1.29, 1.82) is 0 Å². The third-order valence-corrected chi connectivity index (χ3v) is 3.62. The van der Waals surface area contributed by atoms with Crippen molar-refractivity contribution >= 4 is 6.03 Å². The van der Waals surface area contributed by atoms with E-state index < -0.39 is 6.61 Å². The minimum Gasteiger partial charge on any atom is -0.493 e. The minimum absolute atomic E-state index is 0.0781. The van der Waals surface area contributed by atoms with Gasteiger partial charge in [0.25, 0.3) is 0 Å². The fraction of sp³-hybridized carbons (Fsp3) is 0.316. The number of benzene rings is 2. The first-order chi connectivity index (χ1) is 13.0. The maximum atomic E-state index is 12.1. The Hall–Kier alpha value is -3.03. The lowest BCUT2D eigenvalue weighted by Gasteiger charge is -2.18. The van der Waals surface area contributed by atoms with E-state index >= 15 is 0 Å². The molecule has 0 aliphatic carbocycles. The lowest BCUT2D eigenvalue weighted by Crippen LogP contribution is -2.38. The highest BCUT2D eigenvalue weighted by Gasteiger charge is 2.10. The highest BCUT2D eigenvalue weighted by Crippen LogP contribution is 2.25. The fourth-order valence-corrected chi connectivity index (χ4v) is 2.31. The van der Waals surface area contributed by atoms with Gasteiger partial charge in [-0.05, 0) is 29.8 Å². The van der Waals surface area contributed by atoms with Crippen molar-refractivity contribution in [3.8, 4) is 17.2 Å². The molecule has 0 saturated carbocycles. The SMILES string of the molecule is COc1ccccc1OCCNC(=O)N(C)Cc1ccc(OC(F)F)cc1. The molecule has 0 fully saturated rings. The molecule has 2 amide bonds. The predicted octanol–water partition coefficient (Wildman–Crippen LogP) is 3.52. The number of hydrogen-bond donors (Lipinski definition) is 1. The summed E-state index contributed by atoms with van der Waals surface area (Å²) in [4.78, 5) is 13.6. The number of hydrogen-bond acceptors (Lipinski definition) is 4. The van der Waals surface area contributed by atoms with E-state index in [1.54, 1.807) is 38.4 Å². The lowest BCUT2D eigenvalue weighted by molar-refractivity contribution is -0.0498. The highest BCUT2D eigenvalue weighted by molar-refractivity contribution is 5.73. The molecule has 0 aliphatic rings. The van der Waals surface area contributed by atoms with Gasteiger partial charge >= 0.3 is 12.6 Å². The molecule has 2 aromatic rings. The van der Waals surface area contributed by atoms with Gasteiger partial charge in [-0.3, -0.25) is 0 Å². The van der Waals surface area contributed by atoms with Crippen LogP contribution in [0.2, 0.25) is 0 Å². The van der Waals surface area contributed by atoms with Crippen molar-refractivity contribution in [3.63, 3.8) is 0 Å². The molecule has 0 atom stereocenters. The maximum Gasteiger partial charge on any atom is 0.387 e. The van der Waals surface area contributed by atoms with Crippen LogP contribution in [0, 0.1) is 0 Å². The van der Waals surface area contributed by atoms with Crippen LogP contribution < -0.4 is 19.5 Å². The first-order valence-corrected chi connectivity index (χ1v) is 8.28. The molecule has 146 valence electrons. The summed E-state index contributed by atoms with van der Waals surface area (Å²) in [5.74, 6) is 1.31. The first kappa shape index (κ1) is 20.3. The van der Waals surface area contributed by atoms with Gasteiger partial charge in [-0.25, -0.2) is 4.79 Å². The third kappa shape index (κ3) is 6.65. The van der Waals surface area contributed by atoms with Gasteiger partial charge in [0.05, 0.1) is 13.7 Å². The number of nitrogens with one attached hydrogen (secondary N) is 1. The van der Waals surface area contributed by atoms with E-state index in [-0.39, 0.29) is 11.8 Å². The average molecular weight is 380 g/mol. The van der Waals surface area contributed by atoms with Gasteiger partial charge in [0.1, 0.15) is 12.4 Å². The number of ether oxygens (including phenoxy) is 3. The third-order valence-electron chi connectivity index (χ3n) is 3.62. The Balaban J connectivity index is 1.73. The summed E-state index contributed by atoms with van der Waals surface area (Å²) in [6.45, 7) is -1.92. The molecule has 2 aromatic carbocycles. The number of methoxy groups -OCH3 is 1. The van der Waals surface area contributed by atoms with Crippen LogP contribution in [0.4, 0.5) is 13.6 Å². The Kier molecular flexibility index (Phi) is 7.66. The maximum absolute atomic E-state index is 12.1. The van der Waals surface area contributed by atoms with Crippen molar-refractivity contribution in [3.05, 3.63) is 54.1 Å². The average Bonchev–Trinajstić information content (AvgIpc) is 2.66. The van der Waals surface area contributed by atoms with Crippen molar-refractivity contribution in [1.82, 2.24) is 10.2 Å². The molecule has 0 unspecified atom stereocenters. The second-order valence-corrected chi connectivity index (χ2v) is 5.61. The molecule has 0 spiro atoms. The summed E-state index contributed by atoms with van der Waals surface area (Å²) in [6.07, 6.45) is 0. The van der Waals surface area contributed by atoms with E-state index in [4.69, 9.17) is 9.47 Å². The van der Waals surface area contributed by atoms with Gasteiger partial charge in [-0.1, -0.05) is 24.3 Å². The summed E-state index contributed by atoms with van der Waals surface area (Å²) in [6, 6.07) is 13.1. The summed E-state index contributed by atoms with van der Waals surface area (Å²) in [5, 5.41) is 2.75. The highest BCUT2D eigenvalue weighted by atomic mass is 19.3. The molecular formula is C19H22F2N2O4. The number of nitrogens with zero attached hydrogens (tertiary/aromatic N) is 1. The van der Waals surface area contributed by atoms with Crippen LogP contribution in [0.3, 0.4) is 0 Å². The smallest absolute Gasteiger partial charge is 0.387 e. The molecule has 0 heterocycles. The van der Waals surface area contributed by atoms with Gasteiger partial charge in [-0.15, -0.1) is 0 Å². The standard InChI is InChI=1S/C19H22F2N2O4/c1-23(13-14-7-9-15(10-8-14)27-18(20)21)19(24)22-11-12-26-17-6-4-3-5-16(17)25-2/h3-10,18H,11-13H2,1-2H3,(H,22,24). The van der Waals surface area contributed by atoms with E-state index in [0.29, 0.717) is 31.2 Å². The van der Waals surface area contributed by atoms with Crippen molar-refractivity contribution in [2.24, 2.45) is 0 Å². The lowest BCUT2D eigenvalue weighted by atomic mass is 10.2. The van der Waals surface area contributed by atoms with Crippen molar-refractivity contribution in [2.75, 3.05) is 27.3 Å². The van der Waals surface area contributed by atoms with Gasteiger partial charge in [0.2, 0.25) is 0 Å². The van der Waals surface area contributed by atoms with E-state index in [2.05, 4.69) is 10.1 Å². The Labute approximate surface area is 156 Å². The molecule has 0 radical (unpaired) electrons. The van der Waals surface area contributed by atoms with Crippen LogP contribution in [0.25, 0.3) is 0 Å². The van der Waals surface area contributed by atoms with E-state index in [0.717, 1.165) is 5.56 Å². The van der Waals surface area contributed by atoms with Crippen molar-refractivity contribution in [2.45, 2.75) is 13.2 Å². The van der Waals surface area contributed by atoms with Crippen LogP contribution in [0.15, 0.2) is 48.5 Å². The molecule has 0 bridgehead atoms. The quantitative estimate of drug-likeness (QED) is 0.677. The first-order valence-electron chi connectivity index (χ1n) is 8.28. The zero-order valence-corrected chi connectivity index (χ0v) is 15.2. The van der Waals surface area contributed by atoms with Gasteiger partial charge < -0.3 is 24.4 Å². The number of amides is 2. The predicted molar refractivity (Wildman–Crippen MR) is 96.4 cm³/mol. The Bertz CT molecular complexity index is 726. The summed E-state index contributed by atoms with van der Waals surface area (Å²) < 4.78 is 39.3. The number of carbonyl (C=O) groups excluding carboxylic acids is 1. The van der Waals surface area contributed by atoms with E-state index in [1.165, 1.54) is 17.0 Å². The van der Waals surface area contributed by atoms with Crippen LogP contribution in [0.5, 0.6) is 17.2 Å². The van der Waals surface area contributed by atoms with Gasteiger partial charge in [-0.2, -0.15) is 8.78 Å². The molecule has 6 nitrogen and oxygen atoms in total. The van der Waals surface area contributed by atoms with Gasteiger partial charge in [0.15, 0.2) is 11.5 Å². The summed E-state index contributed by atoms with van der Waals surface area (Å²) in [5.41, 5.74) is 0.791. The zero-order valence-electron chi connectivity index (χ0n) is 15.2. The van der Waals surface area contributed by atoms with E-state index in [9.17, 15) is 13.6 Å². The number of halogens is 2. The van der Waals surface area contributed by atoms with Crippen molar-refractivity contribution < 1.29 is 27.8 Å². The number of urea groups is 1. The number of rotatable bonds is 9. The topological polar surface area (TPSA) is 60.0 Å². The Morgan fingerprint density at radius 1 is 1.11 bits per heavy atom. The molecular weight excluding hydrogens is 358 g/mol. The summed E-state index contributed by atoms with van der Waals surface area (Å²) >= 11 is 0. The summed E-state index contributed by atoms with van der Waals surface area (Å²) in [7, 11) is 3.20. The molecule has 1 N–H and O–H groups in total. The Morgan fingerprint density at radius 3 is 2.41 bits per heavy atom.